The van der Waals surface area contributed by atoms with Gasteiger partial charge < -0.3 is 15.0 Å². The highest BCUT2D eigenvalue weighted by Gasteiger charge is 2.38. The van der Waals surface area contributed by atoms with Gasteiger partial charge in [-0.2, -0.15) is 0 Å². The number of aromatic nitrogens is 1. The number of ether oxygens (including phenoxy) is 1. The second-order valence-electron chi connectivity index (χ2n) is 9.96. The molecule has 1 fully saturated rings. The molecule has 3 heterocycles. The first-order valence-electron chi connectivity index (χ1n) is 12.4. The summed E-state index contributed by atoms with van der Waals surface area (Å²) in [7, 11) is 0. The number of nitrogens with zero attached hydrogens (tertiary/aromatic N) is 3. The van der Waals surface area contributed by atoms with E-state index in [1.165, 1.54) is 5.39 Å². The van der Waals surface area contributed by atoms with Gasteiger partial charge in [-0.1, -0.05) is 24.3 Å². The van der Waals surface area contributed by atoms with Gasteiger partial charge in [0.25, 0.3) is 0 Å². The first-order chi connectivity index (χ1) is 16.5. The smallest absolute Gasteiger partial charge is 0.234 e. The quantitative estimate of drug-likeness (QED) is 0.506. The maximum atomic E-state index is 12.1. The Balaban J connectivity index is 1.01. The topological polar surface area (TPSA) is 57.7 Å². The van der Waals surface area contributed by atoms with Crippen LogP contribution in [0, 0.1) is 0 Å². The number of benzene rings is 2. The third-order valence-corrected chi connectivity index (χ3v) is 7.12. The highest BCUT2D eigenvalue weighted by Crippen LogP contribution is 2.39. The Morgan fingerprint density at radius 3 is 2.62 bits per heavy atom. The van der Waals surface area contributed by atoms with Crippen LogP contribution in [-0.2, 0) is 16.8 Å². The Hall–Kier alpha value is -2.96. The number of carbonyl (C=O) groups is 1. The van der Waals surface area contributed by atoms with Crippen molar-refractivity contribution >= 4 is 22.5 Å². The molecule has 0 atom stereocenters. The maximum Gasteiger partial charge on any atom is 0.234 e. The van der Waals surface area contributed by atoms with Crippen molar-refractivity contribution in [2.24, 2.45) is 0 Å². The largest absolute Gasteiger partial charge is 0.494 e. The first kappa shape index (κ1) is 22.8. The third kappa shape index (κ3) is 4.93. The van der Waals surface area contributed by atoms with Crippen LogP contribution in [0.25, 0.3) is 10.9 Å². The summed E-state index contributed by atoms with van der Waals surface area (Å²) in [6.45, 7) is 11.0. The predicted octanol–water partition coefficient (Wildman–Crippen LogP) is 4.44. The van der Waals surface area contributed by atoms with E-state index in [4.69, 9.17) is 9.72 Å². The fourth-order valence-corrected chi connectivity index (χ4v) is 4.86. The van der Waals surface area contributed by atoms with Crippen molar-refractivity contribution in [3.63, 3.8) is 0 Å². The molecule has 6 nitrogen and oxygen atoms in total. The number of anilines is 1. The standard InChI is InChI=1S/C28H34N4O2/c1-28(2)24-19-23(11-12-26(24)30-27(28)33)34-18-6-5-13-31-14-16-32(17-15-31)20-22-10-9-21-7-3-4-8-25(21)29-22/h3-4,7-12,19H,5-6,13-18,20H2,1-2H3,(H,30,33). The number of unbranched alkanes of at least 4 members (excludes halogenated alkanes) is 1. The molecule has 6 heteroatoms. The van der Waals surface area contributed by atoms with Gasteiger partial charge in [0.15, 0.2) is 0 Å². The summed E-state index contributed by atoms with van der Waals surface area (Å²) in [5.74, 6) is 0.896. The number of rotatable bonds is 8. The third-order valence-electron chi connectivity index (χ3n) is 7.12. The molecular formula is C28H34N4O2. The van der Waals surface area contributed by atoms with Crippen LogP contribution in [0.4, 0.5) is 5.69 Å². The zero-order valence-corrected chi connectivity index (χ0v) is 20.2. The average molecular weight is 459 g/mol. The second-order valence-corrected chi connectivity index (χ2v) is 9.96. The van der Waals surface area contributed by atoms with Gasteiger partial charge >= 0.3 is 0 Å². The zero-order chi connectivity index (χ0) is 23.5. The fourth-order valence-electron chi connectivity index (χ4n) is 4.86. The van der Waals surface area contributed by atoms with Crippen LogP contribution >= 0.6 is 0 Å². The lowest BCUT2D eigenvalue weighted by atomic mass is 9.86. The minimum Gasteiger partial charge on any atom is -0.494 e. The van der Waals surface area contributed by atoms with E-state index >= 15 is 0 Å². The fraction of sp³-hybridized carbons (Fsp3) is 0.429. The number of amides is 1. The lowest BCUT2D eigenvalue weighted by Crippen LogP contribution is -2.46. The van der Waals surface area contributed by atoms with E-state index < -0.39 is 5.41 Å². The lowest BCUT2D eigenvalue weighted by Gasteiger charge is -2.34. The number of fused-ring (bicyclic) bond motifs is 2. The molecule has 0 radical (unpaired) electrons. The molecule has 0 bridgehead atoms. The lowest BCUT2D eigenvalue weighted by molar-refractivity contribution is -0.119. The van der Waals surface area contributed by atoms with Gasteiger partial charge in [-0.05, 0) is 69.1 Å². The normalized spacial score (nSPS) is 18.1. The van der Waals surface area contributed by atoms with Crippen LogP contribution in [0.3, 0.4) is 0 Å². The Morgan fingerprint density at radius 2 is 1.76 bits per heavy atom. The Labute approximate surface area is 201 Å². The molecule has 178 valence electrons. The van der Waals surface area contributed by atoms with Gasteiger partial charge in [-0.15, -0.1) is 0 Å². The summed E-state index contributed by atoms with van der Waals surface area (Å²) in [6, 6.07) is 18.6. The summed E-state index contributed by atoms with van der Waals surface area (Å²) >= 11 is 0. The molecule has 1 amide bonds. The van der Waals surface area contributed by atoms with Gasteiger partial charge in [0.1, 0.15) is 5.75 Å². The highest BCUT2D eigenvalue weighted by molar-refractivity contribution is 6.05. The van der Waals surface area contributed by atoms with Crippen molar-refractivity contribution in [2.45, 2.75) is 38.6 Å². The summed E-state index contributed by atoms with van der Waals surface area (Å²) in [5, 5.41) is 4.15. The van der Waals surface area contributed by atoms with Gasteiger partial charge in [0, 0.05) is 43.8 Å². The predicted molar refractivity (Wildman–Crippen MR) is 136 cm³/mol. The SMILES string of the molecule is CC1(C)C(=O)Nc2ccc(OCCCCN3CCN(Cc4ccc5ccccc5n4)CC3)cc21. The summed E-state index contributed by atoms with van der Waals surface area (Å²) < 4.78 is 5.99. The van der Waals surface area contributed by atoms with E-state index in [-0.39, 0.29) is 5.91 Å². The van der Waals surface area contributed by atoms with Gasteiger partial charge in [0.2, 0.25) is 5.91 Å². The van der Waals surface area contributed by atoms with Crippen molar-refractivity contribution in [3.05, 3.63) is 65.9 Å². The number of nitrogens with one attached hydrogen (secondary N) is 1. The van der Waals surface area contributed by atoms with Crippen LogP contribution in [0.5, 0.6) is 5.75 Å². The Morgan fingerprint density at radius 1 is 0.971 bits per heavy atom. The molecule has 2 aromatic carbocycles. The molecule has 0 aliphatic carbocycles. The van der Waals surface area contributed by atoms with Gasteiger partial charge in [-0.3, -0.25) is 14.7 Å². The molecule has 34 heavy (non-hydrogen) atoms. The Kier molecular flexibility index (Phi) is 6.53. The number of hydrogen-bond donors (Lipinski definition) is 1. The summed E-state index contributed by atoms with van der Waals surface area (Å²) in [6.07, 6.45) is 2.15. The molecule has 5 rings (SSSR count). The molecule has 1 aromatic heterocycles. The molecule has 2 aliphatic rings. The molecule has 3 aromatic rings. The van der Waals surface area contributed by atoms with E-state index in [1.54, 1.807) is 0 Å². The van der Waals surface area contributed by atoms with Gasteiger partial charge in [0.05, 0.1) is 23.2 Å². The highest BCUT2D eigenvalue weighted by atomic mass is 16.5. The zero-order valence-electron chi connectivity index (χ0n) is 20.2. The number of piperazine rings is 1. The number of para-hydroxylation sites is 1. The van der Waals surface area contributed by atoms with Crippen LogP contribution < -0.4 is 10.1 Å². The molecule has 0 saturated carbocycles. The minimum atomic E-state index is -0.499. The van der Waals surface area contributed by atoms with Crippen molar-refractivity contribution in [1.29, 1.82) is 0 Å². The van der Waals surface area contributed by atoms with Crippen molar-refractivity contribution in [3.8, 4) is 5.75 Å². The van der Waals surface area contributed by atoms with Crippen LogP contribution in [0.1, 0.15) is 37.9 Å². The van der Waals surface area contributed by atoms with Crippen molar-refractivity contribution < 1.29 is 9.53 Å². The van der Waals surface area contributed by atoms with E-state index in [0.717, 1.165) is 80.3 Å². The monoisotopic (exact) mass is 458 g/mol. The number of hydrogen-bond acceptors (Lipinski definition) is 5. The first-order valence-corrected chi connectivity index (χ1v) is 12.4. The van der Waals surface area contributed by atoms with Crippen molar-refractivity contribution in [1.82, 2.24) is 14.8 Å². The van der Waals surface area contributed by atoms with Crippen LogP contribution in [0.15, 0.2) is 54.6 Å². The van der Waals surface area contributed by atoms with E-state index in [1.807, 2.05) is 32.0 Å². The number of carbonyl (C=O) groups excluding carboxylic acids is 1. The Bertz CT molecular complexity index is 1170. The molecule has 0 spiro atoms. The molecular weight excluding hydrogens is 424 g/mol. The van der Waals surface area contributed by atoms with E-state index in [0.29, 0.717) is 6.61 Å². The van der Waals surface area contributed by atoms with E-state index in [9.17, 15) is 4.79 Å². The van der Waals surface area contributed by atoms with Gasteiger partial charge in [-0.25, -0.2) is 0 Å². The number of pyridine rings is 1. The van der Waals surface area contributed by atoms with Crippen molar-refractivity contribution in [2.75, 3.05) is 44.6 Å². The second kappa shape index (κ2) is 9.72. The average Bonchev–Trinajstić information content (AvgIpc) is 3.07. The summed E-state index contributed by atoms with van der Waals surface area (Å²) in [5.41, 5.74) is 3.65. The molecule has 1 saturated heterocycles. The van der Waals surface area contributed by atoms with Crippen LogP contribution in [0.2, 0.25) is 0 Å². The summed E-state index contributed by atoms with van der Waals surface area (Å²) in [4.78, 5) is 22.0. The minimum absolute atomic E-state index is 0.0493. The van der Waals surface area contributed by atoms with Crippen LogP contribution in [-0.4, -0.2) is 60.0 Å². The van der Waals surface area contributed by atoms with E-state index in [2.05, 4.69) is 51.5 Å². The molecule has 2 aliphatic heterocycles. The molecule has 0 unspecified atom stereocenters. The maximum absolute atomic E-state index is 12.1. The molecule has 1 N–H and O–H groups in total.